The standard InChI is InChI=1S/C25H30N4O4S2/c1-6-32-24(31)21-18-8-7-9-19(18)35-23(21)26-20(30)13-34-25-28-27-22(29(25)5)16(4)33-17-11-14(2)10-15(3)12-17/h10-12,16H,6-9,13H2,1-5H3,(H,26,30). The molecular weight excluding hydrogens is 484 g/mol. The number of benzene rings is 1. The Kier molecular flexibility index (Phi) is 7.81. The predicted molar refractivity (Wildman–Crippen MR) is 138 cm³/mol. The van der Waals surface area contributed by atoms with Crippen molar-refractivity contribution in [2.45, 2.75) is 58.2 Å². The number of thiophene rings is 1. The SMILES string of the molecule is CCOC(=O)c1c(NC(=O)CSc2nnc(C(C)Oc3cc(C)cc(C)c3)n2C)sc2c1CCC2. The summed E-state index contributed by atoms with van der Waals surface area (Å²) in [6, 6.07) is 6.08. The van der Waals surface area contributed by atoms with Gasteiger partial charge in [0, 0.05) is 11.9 Å². The number of carbonyl (C=O) groups is 2. The first-order valence-electron chi connectivity index (χ1n) is 11.6. The van der Waals surface area contributed by atoms with Gasteiger partial charge >= 0.3 is 5.97 Å². The lowest BCUT2D eigenvalue weighted by Gasteiger charge is -2.15. The number of carbonyl (C=O) groups excluding carboxylic acids is 2. The van der Waals surface area contributed by atoms with Gasteiger partial charge in [0.1, 0.15) is 10.8 Å². The van der Waals surface area contributed by atoms with Gasteiger partial charge in [-0.05, 0) is 75.8 Å². The third-order valence-corrected chi connectivity index (χ3v) is 7.95. The topological polar surface area (TPSA) is 95.3 Å². The van der Waals surface area contributed by atoms with Crippen molar-refractivity contribution in [2.75, 3.05) is 17.7 Å². The molecule has 2 aromatic heterocycles. The first-order chi connectivity index (χ1) is 16.8. The minimum Gasteiger partial charge on any atom is -0.483 e. The van der Waals surface area contributed by atoms with Crippen molar-refractivity contribution in [3.63, 3.8) is 0 Å². The number of thioether (sulfide) groups is 1. The Morgan fingerprint density at radius 3 is 2.66 bits per heavy atom. The van der Waals surface area contributed by atoms with Crippen LogP contribution >= 0.6 is 23.1 Å². The average Bonchev–Trinajstić information content (AvgIpc) is 3.46. The highest BCUT2D eigenvalue weighted by molar-refractivity contribution is 7.99. The molecule has 1 unspecified atom stereocenters. The largest absolute Gasteiger partial charge is 0.483 e. The Balaban J connectivity index is 1.39. The summed E-state index contributed by atoms with van der Waals surface area (Å²) >= 11 is 2.76. The molecule has 0 radical (unpaired) electrons. The van der Waals surface area contributed by atoms with E-state index < -0.39 is 0 Å². The molecule has 10 heteroatoms. The van der Waals surface area contributed by atoms with Crippen LogP contribution in [-0.4, -0.2) is 39.0 Å². The fourth-order valence-corrected chi connectivity index (χ4v) is 6.28. The van der Waals surface area contributed by atoms with Crippen LogP contribution < -0.4 is 10.1 Å². The number of hydrogen-bond donors (Lipinski definition) is 1. The third kappa shape index (κ3) is 5.70. The highest BCUT2D eigenvalue weighted by Gasteiger charge is 2.28. The van der Waals surface area contributed by atoms with Crippen LogP contribution in [0.5, 0.6) is 5.75 Å². The smallest absolute Gasteiger partial charge is 0.341 e. The first-order valence-corrected chi connectivity index (χ1v) is 13.5. The van der Waals surface area contributed by atoms with Crippen LogP contribution in [0, 0.1) is 13.8 Å². The van der Waals surface area contributed by atoms with Crippen LogP contribution in [0.1, 0.15) is 64.1 Å². The van der Waals surface area contributed by atoms with E-state index in [2.05, 4.69) is 21.6 Å². The predicted octanol–water partition coefficient (Wildman–Crippen LogP) is 5.03. The second kappa shape index (κ2) is 10.8. The Bertz CT molecular complexity index is 1230. The summed E-state index contributed by atoms with van der Waals surface area (Å²) in [6.45, 7) is 8.07. The van der Waals surface area contributed by atoms with E-state index in [9.17, 15) is 9.59 Å². The molecule has 1 aromatic carbocycles. The number of aryl methyl sites for hydroxylation is 3. The number of nitrogens with zero attached hydrogens (tertiary/aromatic N) is 3. The van der Waals surface area contributed by atoms with Gasteiger partial charge in [0.05, 0.1) is 17.9 Å². The maximum absolute atomic E-state index is 12.7. The Hall–Kier alpha value is -2.85. The summed E-state index contributed by atoms with van der Waals surface area (Å²) in [5.74, 6) is 1.02. The fraction of sp³-hybridized carbons (Fsp3) is 0.440. The zero-order valence-electron chi connectivity index (χ0n) is 20.6. The Labute approximate surface area is 213 Å². The van der Waals surface area contributed by atoms with Gasteiger partial charge < -0.3 is 19.4 Å². The van der Waals surface area contributed by atoms with E-state index in [4.69, 9.17) is 9.47 Å². The van der Waals surface area contributed by atoms with Crippen molar-refractivity contribution < 1.29 is 19.1 Å². The summed E-state index contributed by atoms with van der Waals surface area (Å²) in [5.41, 5.74) is 3.80. The van der Waals surface area contributed by atoms with Crippen LogP contribution in [0.4, 0.5) is 5.00 Å². The van der Waals surface area contributed by atoms with E-state index >= 15 is 0 Å². The van der Waals surface area contributed by atoms with Crippen LogP contribution in [0.3, 0.4) is 0 Å². The molecule has 1 aliphatic rings. The molecule has 35 heavy (non-hydrogen) atoms. The number of rotatable bonds is 9. The molecule has 0 aliphatic heterocycles. The van der Waals surface area contributed by atoms with E-state index in [-0.39, 0.29) is 23.7 Å². The lowest BCUT2D eigenvalue weighted by Crippen LogP contribution is -2.17. The highest BCUT2D eigenvalue weighted by Crippen LogP contribution is 2.39. The summed E-state index contributed by atoms with van der Waals surface area (Å²) in [4.78, 5) is 26.4. The van der Waals surface area contributed by atoms with Crippen molar-refractivity contribution in [2.24, 2.45) is 7.05 Å². The van der Waals surface area contributed by atoms with Gasteiger partial charge in [-0.15, -0.1) is 21.5 Å². The summed E-state index contributed by atoms with van der Waals surface area (Å²) < 4.78 is 13.2. The molecule has 0 fully saturated rings. The van der Waals surface area contributed by atoms with Gasteiger partial charge in [-0.3, -0.25) is 4.79 Å². The number of anilines is 1. The average molecular weight is 515 g/mol. The number of hydrogen-bond acceptors (Lipinski definition) is 8. The first kappa shape index (κ1) is 25.2. The molecule has 0 saturated heterocycles. The molecule has 0 saturated carbocycles. The van der Waals surface area contributed by atoms with Gasteiger partial charge in [-0.25, -0.2) is 4.79 Å². The molecule has 2 heterocycles. The normalized spacial score (nSPS) is 13.4. The zero-order valence-corrected chi connectivity index (χ0v) is 22.3. The molecule has 0 spiro atoms. The van der Waals surface area contributed by atoms with E-state index in [0.717, 1.165) is 46.6 Å². The van der Waals surface area contributed by atoms with Crippen molar-refractivity contribution in [1.82, 2.24) is 14.8 Å². The Morgan fingerprint density at radius 1 is 1.20 bits per heavy atom. The molecular formula is C25H30N4O4S2. The van der Waals surface area contributed by atoms with Crippen molar-refractivity contribution in [3.05, 3.63) is 51.2 Å². The molecule has 3 aromatic rings. The van der Waals surface area contributed by atoms with Gasteiger partial charge in [0.25, 0.3) is 0 Å². The number of esters is 1. The molecule has 0 bridgehead atoms. The van der Waals surface area contributed by atoms with Crippen molar-refractivity contribution >= 4 is 40.0 Å². The highest BCUT2D eigenvalue weighted by atomic mass is 32.2. The Morgan fingerprint density at radius 2 is 1.94 bits per heavy atom. The number of ether oxygens (including phenoxy) is 2. The van der Waals surface area contributed by atoms with E-state index in [0.29, 0.717) is 28.2 Å². The molecule has 1 amide bonds. The van der Waals surface area contributed by atoms with Crippen LogP contribution in [0.15, 0.2) is 23.4 Å². The van der Waals surface area contributed by atoms with Gasteiger partial charge in [-0.1, -0.05) is 17.8 Å². The monoisotopic (exact) mass is 514 g/mol. The minimum atomic E-state index is -0.370. The molecule has 186 valence electrons. The lowest BCUT2D eigenvalue weighted by molar-refractivity contribution is -0.113. The van der Waals surface area contributed by atoms with Crippen LogP contribution in [-0.2, 0) is 29.4 Å². The minimum absolute atomic E-state index is 0.142. The molecule has 1 N–H and O–H groups in total. The third-order valence-electron chi connectivity index (χ3n) is 5.73. The number of aromatic nitrogens is 3. The molecule has 4 rings (SSSR count). The van der Waals surface area contributed by atoms with Crippen molar-refractivity contribution in [3.8, 4) is 5.75 Å². The van der Waals surface area contributed by atoms with Crippen molar-refractivity contribution in [1.29, 1.82) is 0 Å². The fourth-order valence-electron chi connectivity index (χ4n) is 4.27. The zero-order chi connectivity index (χ0) is 25.1. The maximum atomic E-state index is 12.7. The van der Waals surface area contributed by atoms with E-state index in [1.807, 2.05) is 44.5 Å². The quantitative estimate of drug-likeness (QED) is 0.316. The van der Waals surface area contributed by atoms with Crippen LogP contribution in [0.25, 0.3) is 0 Å². The molecule has 1 aliphatic carbocycles. The number of amides is 1. The van der Waals surface area contributed by atoms with Gasteiger partial charge in [0.2, 0.25) is 5.91 Å². The van der Waals surface area contributed by atoms with Gasteiger partial charge in [-0.2, -0.15) is 0 Å². The second-order valence-electron chi connectivity index (χ2n) is 8.60. The lowest BCUT2D eigenvalue weighted by atomic mass is 10.1. The van der Waals surface area contributed by atoms with Crippen LogP contribution in [0.2, 0.25) is 0 Å². The van der Waals surface area contributed by atoms with Gasteiger partial charge in [0.15, 0.2) is 17.1 Å². The summed E-state index contributed by atoms with van der Waals surface area (Å²) in [7, 11) is 1.86. The maximum Gasteiger partial charge on any atom is 0.341 e. The summed E-state index contributed by atoms with van der Waals surface area (Å²) in [6.07, 6.45) is 2.49. The molecule has 8 nitrogen and oxygen atoms in total. The molecule has 1 atom stereocenters. The second-order valence-corrected chi connectivity index (χ2v) is 10.6. The van der Waals surface area contributed by atoms with E-state index in [1.165, 1.54) is 23.1 Å². The number of fused-ring (bicyclic) bond motifs is 1. The number of nitrogens with one attached hydrogen (secondary N) is 1. The van der Waals surface area contributed by atoms with E-state index in [1.54, 1.807) is 6.92 Å². The summed E-state index contributed by atoms with van der Waals surface area (Å²) in [5, 5.41) is 12.6.